The third-order valence-corrected chi connectivity index (χ3v) is 5.88. The van der Waals surface area contributed by atoms with Gasteiger partial charge in [-0.2, -0.15) is 0 Å². The highest BCUT2D eigenvalue weighted by Crippen LogP contribution is 2.28. The summed E-state index contributed by atoms with van der Waals surface area (Å²) in [6, 6.07) is 9.67. The average molecular weight is 372 g/mol. The van der Waals surface area contributed by atoms with Crippen LogP contribution in [0.15, 0.2) is 41.0 Å². The van der Waals surface area contributed by atoms with Crippen molar-refractivity contribution in [2.24, 2.45) is 0 Å². The Kier molecular flexibility index (Phi) is 6.10. The Hall–Kier alpha value is -1.85. The number of piperidine rings is 1. The first kappa shape index (κ1) is 18.5. The summed E-state index contributed by atoms with van der Waals surface area (Å²) in [7, 11) is 0. The Balaban J connectivity index is 1.44. The molecule has 3 heterocycles. The lowest BCUT2D eigenvalue weighted by Gasteiger charge is -2.33. The van der Waals surface area contributed by atoms with Gasteiger partial charge in [-0.1, -0.05) is 12.5 Å². The fraction of sp³-hybridized carbons (Fsp3) is 0.545. The third-order valence-electron chi connectivity index (χ3n) is 5.88. The molecule has 4 rings (SSSR count). The maximum absolute atomic E-state index is 14.6. The molecule has 0 spiro atoms. The van der Waals surface area contributed by atoms with Gasteiger partial charge in [0.15, 0.2) is 0 Å². The van der Waals surface area contributed by atoms with E-state index in [0.29, 0.717) is 6.54 Å². The van der Waals surface area contributed by atoms with E-state index in [1.165, 1.54) is 32.1 Å². The van der Waals surface area contributed by atoms with E-state index in [2.05, 4.69) is 27.2 Å². The van der Waals surface area contributed by atoms with Gasteiger partial charge in [-0.3, -0.25) is 4.90 Å². The molecule has 4 nitrogen and oxygen atoms in total. The molecule has 1 aromatic heterocycles. The van der Waals surface area contributed by atoms with E-state index >= 15 is 0 Å². The van der Waals surface area contributed by atoms with Crippen molar-refractivity contribution in [1.29, 1.82) is 0 Å². The predicted octanol–water partition coefficient (Wildman–Crippen LogP) is 4.34. The van der Waals surface area contributed by atoms with Crippen molar-refractivity contribution >= 4 is 5.69 Å². The fourth-order valence-corrected chi connectivity index (χ4v) is 4.43. The quantitative estimate of drug-likeness (QED) is 0.785. The molecule has 2 saturated heterocycles. The van der Waals surface area contributed by atoms with Crippen molar-refractivity contribution in [1.82, 2.24) is 10.2 Å². The Morgan fingerprint density at radius 1 is 0.963 bits per heavy atom. The molecule has 0 saturated carbocycles. The van der Waals surface area contributed by atoms with Crippen LogP contribution in [0, 0.1) is 5.82 Å². The van der Waals surface area contributed by atoms with Crippen molar-refractivity contribution in [3.63, 3.8) is 0 Å². The second-order valence-electron chi connectivity index (χ2n) is 7.69. The number of anilines is 1. The van der Waals surface area contributed by atoms with Crippen LogP contribution in [0.5, 0.6) is 0 Å². The van der Waals surface area contributed by atoms with E-state index < -0.39 is 0 Å². The van der Waals surface area contributed by atoms with Crippen LogP contribution in [0.1, 0.15) is 49.5 Å². The summed E-state index contributed by atoms with van der Waals surface area (Å²) in [5, 5.41) is 3.52. The van der Waals surface area contributed by atoms with Gasteiger partial charge >= 0.3 is 0 Å². The minimum absolute atomic E-state index is 0.112. The maximum Gasteiger partial charge on any atom is 0.129 e. The lowest BCUT2D eigenvalue weighted by Crippen LogP contribution is -2.39. The SMILES string of the molecule is Fc1cccc(N2CCCC2)c1CNCC(c1ccco1)N1CCCCC1. The summed E-state index contributed by atoms with van der Waals surface area (Å²) in [5.41, 5.74) is 1.84. The van der Waals surface area contributed by atoms with Gasteiger partial charge in [-0.15, -0.1) is 0 Å². The van der Waals surface area contributed by atoms with Gasteiger partial charge in [0.05, 0.1) is 12.3 Å². The molecule has 0 radical (unpaired) electrons. The molecule has 1 aromatic carbocycles. The minimum Gasteiger partial charge on any atom is -0.468 e. The first-order valence-corrected chi connectivity index (χ1v) is 10.3. The van der Waals surface area contributed by atoms with Crippen molar-refractivity contribution in [3.05, 3.63) is 53.7 Å². The largest absolute Gasteiger partial charge is 0.468 e. The molecule has 1 N–H and O–H groups in total. The third kappa shape index (κ3) is 4.36. The number of benzene rings is 1. The monoisotopic (exact) mass is 371 g/mol. The van der Waals surface area contributed by atoms with E-state index in [4.69, 9.17) is 4.42 Å². The molecule has 2 aliphatic heterocycles. The molecular formula is C22H30FN3O. The first-order chi connectivity index (χ1) is 13.3. The second kappa shape index (κ2) is 8.89. The molecule has 146 valence electrons. The van der Waals surface area contributed by atoms with Gasteiger partial charge in [-0.05, 0) is 63.0 Å². The van der Waals surface area contributed by atoms with Crippen LogP contribution in [0.25, 0.3) is 0 Å². The number of nitrogens with one attached hydrogen (secondary N) is 1. The summed E-state index contributed by atoms with van der Waals surface area (Å²) in [6.45, 7) is 5.57. The van der Waals surface area contributed by atoms with Gasteiger partial charge in [0, 0.05) is 37.4 Å². The van der Waals surface area contributed by atoms with Gasteiger partial charge in [0.2, 0.25) is 0 Å². The smallest absolute Gasteiger partial charge is 0.129 e. The highest BCUT2D eigenvalue weighted by molar-refractivity contribution is 5.54. The number of hydrogen-bond donors (Lipinski definition) is 1. The molecule has 2 aromatic rings. The van der Waals surface area contributed by atoms with Crippen LogP contribution in [-0.4, -0.2) is 37.6 Å². The first-order valence-electron chi connectivity index (χ1n) is 10.3. The normalized spacial score (nSPS) is 19.5. The van der Waals surface area contributed by atoms with Gasteiger partial charge in [0.25, 0.3) is 0 Å². The molecule has 0 amide bonds. The molecule has 5 heteroatoms. The number of halogens is 1. The van der Waals surface area contributed by atoms with Gasteiger partial charge in [0.1, 0.15) is 11.6 Å². The van der Waals surface area contributed by atoms with E-state index in [0.717, 1.165) is 49.7 Å². The van der Waals surface area contributed by atoms with E-state index in [1.807, 2.05) is 12.1 Å². The maximum atomic E-state index is 14.6. The van der Waals surface area contributed by atoms with Crippen LogP contribution in [0.4, 0.5) is 10.1 Å². The zero-order valence-electron chi connectivity index (χ0n) is 16.0. The number of hydrogen-bond acceptors (Lipinski definition) is 4. The molecule has 2 fully saturated rings. The zero-order valence-corrected chi connectivity index (χ0v) is 16.0. The summed E-state index contributed by atoms with van der Waals surface area (Å²) < 4.78 is 20.3. The topological polar surface area (TPSA) is 31.6 Å². The minimum atomic E-state index is -0.112. The average Bonchev–Trinajstić information content (AvgIpc) is 3.41. The fourth-order valence-electron chi connectivity index (χ4n) is 4.43. The Labute approximate surface area is 161 Å². The van der Waals surface area contributed by atoms with E-state index in [9.17, 15) is 4.39 Å². The van der Waals surface area contributed by atoms with Crippen LogP contribution in [-0.2, 0) is 6.54 Å². The second-order valence-corrected chi connectivity index (χ2v) is 7.69. The molecule has 1 atom stereocenters. The summed E-state index contributed by atoms with van der Waals surface area (Å²) in [4.78, 5) is 4.81. The Morgan fingerprint density at radius 2 is 1.74 bits per heavy atom. The summed E-state index contributed by atoms with van der Waals surface area (Å²) in [5.74, 6) is 0.886. The van der Waals surface area contributed by atoms with Crippen LogP contribution >= 0.6 is 0 Å². The Morgan fingerprint density at radius 3 is 2.48 bits per heavy atom. The lowest BCUT2D eigenvalue weighted by molar-refractivity contribution is 0.142. The van der Waals surface area contributed by atoms with E-state index in [1.54, 1.807) is 12.3 Å². The molecule has 1 unspecified atom stereocenters. The van der Waals surface area contributed by atoms with Crippen LogP contribution < -0.4 is 10.2 Å². The number of rotatable bonds is 7. The van der Waals surface area contributed by atoms with Crippen molar-refractivity contribution < 1.29 is 8.81 Å². The standard InChI is InChI=1S/C22H30FN3O/c23-19-8-6-9-20(25-13-4-5-14-25)18(19)16-24-17-21(22-10-7-15-27-22)26-11-2-1-3-12-26/h6-10,15,21,24H,1-5,11-14,16-17H2. The zero-order chi connectivity index (χ0) is 18.5. The molecule has 0 bridgehead atoms. The number of furan rings is 1. The van der Waals surface area contributed by atoms with Crippen molar-refractivity contribution in [3.8, 4) is 0 Å². The number of likely N-dealkylation sites (tertiary alicyclic amines) is 1. The van der Waals surface area contributed by atoms with Crippen LogP contribution in [0.2, 0.25) is 0 Å². The highest BCUT2D eigenvalue weighted by Gasteiger charge is 2.24. The Bertz CT molecular complexity index is 706. The lowest BCUT2D eigenvalue weighted by atomic mass is 10.1. The van der Waals surface area contributed by atoms with Gasteiger partial charge in [-0.25, -0.2) is 4.39 Å². The predicted molar refractivity (Wildman–Crippen MR) is 106 cm³/mol. The highest BCUT2D eigenvalue weighted by atomic mass is 19.1. The van der Waals surface area contributed by atoms with Gasteiger partial charge < -0.3 is 14.6 Å². The van der Waals surface area contributed by atoms with Crippen molar-refractivity contribution in [2.45, 2.75) is 44.7 Å². The molecular weight excluding hydrogens is 341 g/mol. The number of nitrogens with zero attached hydrogens (tertiary/aromatic N) is 2. The van der Waals surface area contributed by atoms with E-state index in [-0.39, 0.29) is 11.9 Å². The molecule has 27 heavy (non-hydrogen) atoms. The summed E-state index contributed by atoms with van der Waals surface area (Å²) >= 11 is 0. The summed E-state index contributed by atoms with van der Waals surface area (Å²) in [6.07, 6.45) is 7.92. The van der Waals surface area contributed by atoms with Crippen LogP contribution in [0.3, 0.4) is 0 Å². The van der Waals surface area contributed by atoms with Crippen molar-refractivity contribution in [2.75, 3.05) is 37.6 Å². The molecule has 2 aliphatic rings. The molecule has 0 aliphatic carbocycles.